The Hall–Kier alpha value is -3.81. The number of hydrogen-bond donors (Lipinski definition) is 2. The number of H-pyrrole nitrogens is 2. The quantitative estimate of drug-likeness (QED) is 0.346. The van der Waals surface area contributed by atoms with Crippen molar-refractivity contribution in [3.63, 3.8) is 0 Å². The molecule has 2 N–H and O–H groups in total. The summed E-state index contributed by atoms with van der Waals surface area (Å²) in [6.45, 7) is 1.48. The highest BCUT2D eigenvalue weighted by Crippen LogP contribution is 2.18. The lowest BCUT2D eigenvalue weighted by Gasteiger charge is -2.08. The first kappa shape index (κ1) is 25.3. The molecule has 0 bridgehead atoms. The van der Waals surface area contributed by atoms with Gasteiger partial charge in [0.05, 0.1) is 0 Å². The van der Waals surface area contributed by atoms with Crippen molar-refractivity contribution in [3.8, 4) is 5.75 Å². The Balaban J connectivity index is 1.47. The first-order chi connectivity index (χ1) is 17.5. The molecular weight excluding hydrogens is 470 g/mol. The summed E-state index contributed by atoms with van der Waals surface area (Å²) in [6.07, 6.45) is 3.32. The lowest BCUT2D eigenvalue weighted by Crippen LogP contribution is -2.46. The van der Waals surface area contributed by atoms with Gasteiger partial charge < -0.3 is 19.6 Å². The predicted octanol–water partition coefficient (Wildman–Crippen LogP) is 2.95. The number of hydrogen-bond acceptors (Lipinski definition) is 5. The van der Waals surface area contributed by atoms with Crippen molar-refractivity contribution < 1.29 is 4.74 Å². The molecule has 0 unspecified atom stereocenters. The first-order valence-electron chi connectivity index (χ1n) is 11.7. The Morgan fingerprint density at radius 1 is 0.778 bits per heavy atom. The fourth-order valence-corrected chi connectivity index (χ4v) is 4.46. The van der Waals surface area contributed by atoms with Crippen molar-refractivity contribution in [1.82, 2.24) is 14.9 Å². The van der Waals surface area contributed by atoms with Crippen LogP contribution >= 0.6 is 11.8 Å². The molecule has 0 amide bonds. The van der Waals surface area contributed by atoms with Crippen molar-refractivity contribution in [2.75, 3.05) is 26.4 Å². The molecular formula is C29H29N3O3S. The molecule has 6 nitrogen and oxygen atoms in total. The molecule has 0 aliphatic heterocycles. The van der Waals surface area contributed by atoms with Crippen molar-refractivity contribution in [3.05, 3.63) is 127 Å². The Kier molecular flexibility index (Phi) is 8.60. The van der Waals surface area contributed by atoms with E-state index >= 15 is 0 Å². The second-order valence-electron chi connectivity index (χ2n) is 8.59. The summed E-state index contributed by atoms with van der Waals surface area (Å²) in [7, 11) is 4.11. The third-order valence-corrected chi connectivity index (χ3v) is 6.42. The average Bonchev–Trinajstić information content (AvgIpc) is 2.88. The molecule has 184 valence electrons. The molecule has 0 saturated carbocycles. The second-order valence-corrected chi connectivity index (χ2v) is 9.76. The van der Waals surface area contributed by atoms with Crippen LogP contribution in [0.3, 0.4) is 0 Å². The van der Waals surface area contributed by atoms with Crippen molar-refractivity contribution in [2.45, 2.75) is 11.5 Å². The third-order valence-electron chi connectivity index (χ3n) is 5.42. The zero-order valence-electron chi connectivity index (χ0n) is 20.4. The van der Waals surface area contributed by atoms with E-state index in [1.165, 1.54) is 0 Å². The van der Waals surface area contributed by atoms with Gasteiger partial charge in [-0.3, -0.25) is 9.59 Å². The van der Waals surface area contributed by atoms with Crippen LogP contribution in [-0.2, 0) is 6.61 Å². The Morgan fingerprint density at radius 2 is 1.33 bits per heavy atom. The van der Waals surface area contributed by atoms with Gasteiger partial charge in [0.25, 0.3) is 11.1 Å². The van der Waals surface area contributed by atoms with Crippen LogP contribution in [0.5, 0.6) is 5.75 Å². The van der Waals surface area contributed by atoms with Crippen LogP contribution < -0.4 is 26.6 Å². The van der Waals surface area contributed by atoms with Gasteiger partial charge in [0.2, 0.25) is 0 Å². The molecule has 36 heavy (non-hydrogen) atoms. The molecule has 0 atom stereocenters. The summed E-state index contributed by atoms with van der Waals surface area (Å²) in [5.74, 6) is 1.73. The molecule has 0 spiro atoms. The highest BCUT2D eigenvalue weighted by molar-refractivity contribution is 7.99. The molecule has 1 heterocycles. The maximum Gasteiger partial charge on any atom is 0.272 e. The summed E-state index contributed by atoms with van der Waals surface area (Å²) < 4.78 is 5.80. The number of nitrogens with one attached hydrogen (secondary N) is 2. The molecule has 3 aromatic carbocycles. The zero-order valence-corrected chi connectivity index (χ0v) is 21.2. The lowest BCUT2D eigenvalue weighted by molar-refractivity contribution is 0.306. The van der Waals surface area contributed by atoms with Crippen LogP contribution in [0.1, 0.15) is 16.7 Å². The minimum absolute atomic E-state index is 0.197. The lowest BCUT2D eigenvalue weighted by atomic mass is 10.2. The Bertz CT molecular complexity index is 1510. The summed E-state index contributed by atoms with van der Waals surface area (Å²) in [6, 6.07) is 25.2. The predicted molar refractivity (Wildman–Crippen MR) is 147 cm³/mol. The van der Waals surface area contributed by atoms with Gasteiger partial charge in [-0.05, 0) is 67.2 Å². The number of rotatable bonds is 9. The van der Waals surface area contributed by atoms with E-state index in [0.29, 0.717) is 6.61 Å². The van der Waals surface area contributed by atoms with Crippen LogP contribution in [0.25, 0.3) is 12.2 Å². The van der Waals surface area contributed by atoms with Gasteiger partial charge in [0.1, 0.15) is 23.1 Å². The van der Waals surface area contributed by atoms with E-state index in [1.807, 2.05) is 78.9 Å². The van der Waals surface area contributed by atoms with E-state index in [0.717, 1.165) is 39.6 Å². The van der Waals surface area contributed by atoms with Crippen LogP contribution in [0.2, 0.25) is 0 Å². The zero-order chi connectivity index (χ0) is 25.3. The van der Waals surface area contributed by atoms with E-state index in [4.69, 9.17) is 4.74 Å². The minimum Gasteiger partial charge on any atom is -0.489 e. The van der Waals surface area contributed by atoms with Crippen LogP contribution in [-0.4, -0.2) is 41.3 Å². The number of benzene rings is 3. The van der Waals surface area contributed by atoms with Crippen LogP contribution in [0.4, 0.5) is 0 Å². The van der Waals surface area contributed by atoms with Gasteiger partial charge in [-0.2, -0.15) is 0 Å². The molecule has 4 rings (SSSR count). The second kappa shape index (κ2) is 12.2. The van der Waals surface area contributed by atoms with Gasteiger partial charge in [-0.25, -0.2) is 0 Å². The van der Waals surface area contributed by atoms with Gasteiger partial charge in [0, 0.05) is 17.2 Å². The van der Waals surface area contributed by atoms with Gasteiger partial charge in [-0.1, -0.05) is 54.6 Å². The largest absolute Gasteiger partial charge is 0.489 e. The van der Waals surface area contributed by atoms with Crippen LogP contribution in [0.15, 0.2) is 93.3 Å². The highest BCUT2D eigenvalue weighted by Gasteiger charge is 2.00. The van der Waals surface area contributed by atoms with E-state index in [1.54, 1.807) is 23.9 Å². The third kappa shape index (κ3) is 7.34. The fraction of sp³-hybridized carbons (Fsp3) is 0.172. The highest BCUT2D eigenvalue weighted by atomic mass is 32.2. The van der Waals surface area contributed by atoms with Crippen molar-refractivity contribution >= 4 is 23.9 Å². The summed E-state index contributed by atoms with van der Waals surface area (Å²) in [5.41, 5.74) is 2.00. The fourth-order valence-electron chi connectivity index (χ4n) is 3.44. The van der Waals surface area contributed by atoms with E-state index in [-0.39, 0.29) is 21.8 Å². The normalized spacial score (nSPS) is 12.3. The summed E-state index contributed by atoms with van der Waals surface area (Å²) in [4.78, 5) is 34.0. The summed E-state index contributed by atoms with van der Waals surface area (Å²) in [5, 5.41) is 0.414. The maximum absolute atomic E-state index is 12.6. The van der Waals surface area contributed by atoms with E-state index in [2.05, 4.69) is 29.0 Å². The minimum atomic E-state index is -0.360. The number of nitrogens with zero attached hydrogens (tertiary/aromatic N) is 1. The molecule has 1 aromatic heterocycles. The smallest absolute Gasteiger partial charge is 0.272 e. The topological polar surface area (TPSA) is 78.2 Å². The molecule has 0 radical (unpaired) electrons. The molecule has 0 saturated heterocycles. The molecule has 7 heteroatoms. The van der Waals surface area contributed by atoms with Crippen molar-refractivity contribution in [1.29, 1.82) is 0 Å². The van der Waals surface area contributed by atoms with Crippen LogP contribution in [0, 0.1) is 0 Å². The average molecular weight is 500 g/mol. The Morgan fingerprint density at radius 3 is 1.89 bits per heavy atom. The van der Waals surface area contributed by atoms with E-state index in [9.17, 15) is 9.59 Å². The summed E-state index contributed by atoms with van der Waals surface area (Å²) >= 11 is 1.78. The molecule has 0 aliphatic carbocycles. The molecule has 4 aromatic rings. The molecule has 0 aliphatic rings. The maximum atomic E-state index is 12.6. The van der Waals surface area contributed by atoms with Gasteiger partial charge in [0.15, 0.2) is 0 Å². The number of thioether (sulfide) groups is 1. The SMILES string of the molecule is CN(C)CCSc1ccc(C=c2[nH]c(=O)c(=Cc3ccc(OCc4ccccc4)cc3)[nH]c2=O)cc1. The number of aromatic amines is 2. The van der Waals surface area contributed by atoms with E-state index < -0.39 is 0 Å². The molecule has 0 fully saturated rings. The standard InChI is InChI=1S/C29H29N3O3S/c1-32(2)16-17-36-25-14-10-22(11-15-25)19-27-29(34)30-26(28(33)31-27)18-21-8-12-24(13-9-21)35-20-23-6-4-3-5-7-23/h3-15,18-19H,16-17,20H2,1-2H3,(H,30,34)(H,31,33). The van der Waals surface area contributed by atoms with Gasteiger partial charge in [-0.15, -0.1) is 11.8 Å². The van der Waals surface area contributed by atoms with Gasteiger partial charge >= 0.3 is 0 Å². The monoisotopic (exact) mass is 499 g/mol. The number of ether oxygens (including phenoxy) is 1. The Labute approximate surface area is 214 Å². The van der Waals surface area contributed by atoms with Crippen molar-refractivity contribution in [2.24, 2.45) is 0 Å². The first-order valence-corrected chi connectivity index (χ1v) is 12.7. The number of aromatic nitrogens is 2.